The standard InChI is InChI=1S/C22H27N3O2/c1-4-21(26)25-13-11-24(12-14-25)20-8-6-5-7-19(20)23-22(27)18-10-9-16(2)17(3)15-18/h5-10,15H,4,11-14H2,1-3H3,(H,23,27). The van der Waals surface area contributed by atoms with E-state index in [9.17, 15) is 9.59 Å². The molecule has 1 fully saturated rings. The topological polar surface area (TPSA) is 52.7 Å². The van der Waals surface area contributed by atoms with Gasteiger partial charge in [-0.05, 0) is 49.2 Å². The largest absolute Gasteiger partial charge is 0.366 e. The molecule has 142 valence electrons. The minimum atomic E-state index is -0.106. The first-order valence-electron chi connectivity index (χ1n) is 9.50. The Morgan fingerprint density at radius 3 is 2.33 bits per heavy atom. The number of benzene rings is 2. The summed E-state index contributed by atoms with van der Waals surface area (Å²) in [5.74, 6) is 0.0938. The van der Waals surface area contributed by atoms with Crippen molar-refractivity contribution in [3.63, 3.8) is 0 Å². The molecule has 2 aromatic carbocycles. The third-order valence-electron chi connectivity index (χ3n) is 5.20. The molecule has 0 aromatic heterocycles. The highest BCUT2D eigenvalue weighted by Gasteiger charge is 2.22. The first kappa shape index (κ1) is 19.0. The van der Waals surface area contributed by atoms with Crippen molar-refractivity contribution in [3.05, 3.63) is 59.2 Å². The van der Waals surface area contributed by atoms with Gasteiger partial charge in [0.2, 0.25) is 5.91 Å². The lowest BCUT2D eigenvalue weighted by atomic mass is 10.1. The minimum absolute atomic E-state index is 0.106. The smallest absolute Gasteiger partial charge is 0.255 e. The summed E-state index contributed by atoms with van der Waals surface area (Å²) < 4.78 is 0. The highest BCUT2D eigenvalue weighted by molar-refractivity contribution is 6.06. The number of nitrogens with one attached hydrogen (secondary N) is 1. The zero-order valence-electron chi connectivity index (χ0n) is 16.3. The Hall–Kier alpha value is -2.82. The van der Waals surface area contributed by atoms with Gasteiger partial charge in [-0.15, -0.1) is 0 Å². The summed E-state index contributed by atoms with van der Waals surface area (Å²) in [6.45, 7) is 8.90. The summed E-state index contributed by atoms with van der Waals surface area (Å²) in [6.07, 6.45) is 0.544. The number of aryl methyl sites for hydroxylation is 2. The molecule has 0 aliphatic carbocycles. The molecule has 27 heavy (non-hydrogen) atoms. The van der Waals surface area contributed by atoms with Crippen LogP contribution < -0.4 is 10.2 Å². The van der Waals surface area contributed by atoms with Crippen LogP contribution in [0.3, 0.4) is 0 Å². The lowest BCUT2D eigenvalue weighted by Gasteiger charge is -2.36. The molecule has 0 unspecified atom stereocenters. The lowest BCUT2D eigenvalue weighted by Crippen LogP contribution is -2.48. The van der Waals surface area contributed by atoms with Crippen LogP contribution in [0.1, 0.15) is 34.8 Å². The zero-order chi connectivity index (χ0) is 19.4. The normalized spacial score (nSPS) is 14.2. The predicted molar refractivity (Wildman–Crippen MR) is 109 cm³/mol. The third-order valence-corrected chi connectivity index (χ3v) is 5.20. The second-order valence-electron chi connectivity index (χ2n) is 6.99. The molecule has 1 saturated heterocycles. The summed E-state index contributed by atoms with van der Waals surface area (Å²) in [7, 11) is 0. The van der Waals surface area contributed by atoms with Crippen molar-refractivity contribution >= 4 is 23.2 Å². The lowest BCUT2D eigenvalue weighted by molar-refractivity contribution is -0.131. The van der Waals surface area contributed by atoms with E-state index in [-0.39, 0.29) is 11.8 Å². The molecule has 0 bridgehead atoms. The monoisotopic (exact) mass is 365 g/mol. The van der Waals surface area contributed by atoms with E-state index in [0.29, 0.717) is 25.1 Å². The first-order chi connectivity index (χ1) is 13.0. The third kappa shape index (κ3) is 4.30. The number of hydrogen-bond acceptors (Lipinski definition) is 3. The molecular formula is C22H27N3O2. The van der Waals surface area contributed by atoms with Gasteiger partial charge in [-0.2, -0.15) is 0 Å². The Kier molecular flexibility index (Phi) is 5.79. The molecule has 5 heteroatoms. The molecule has 0 saturated carbocycles. The average Bonchev–Trinajstić information content (AvgIpc) is 2.70. The maximum atomic E-state index is 12.7. The second-order valence-corrected chi connectivity index (χ2v) is 6.99. The van der Waals surface area contributed by atoms with E-state index in [2.05, 4.69) is 10.2 Å². The number of nitrogens with zero attached hydrogens (tertiary/aromatic N) is 2. The van der Waals surface area contributed by atoms with Crippen LogP contribution in [-0.2, 0) is 4.79 Å². The van der Waals surface area contributed by atoms with Crippen LogP contribution in [0.15, 0.2) is 42.5 Å². The molecule has 1 N–H and O–H groups in total. The molecule has 0 spiro atoms. The summed E-state index contributed by atoms with van der Waals surface area (Å²) >= 11 is 0. The van der Waals surface area contributed by atoms with Gasteiger partial charge in [0.05, 0.1) is 11.4 Å². The summed E-state index contributed by atoms with van der Waals surface area (Å²) in [5.41, 5.74) is 4.74. The predicted octanol–water partition coefficient (Wildman–Crippen LogP) is 3.61. The fourth-order valence-corrected chi connectivity index (χ4v) is 3.35. The van der Waals surface area contributed by atoms with Crippen molar-refractivity contribution in [1.82, 2.24) is 4.90 Å². The van der Waals surface area contributed by atoms with Crippen LogP contribution in [0, 0.1) is 13.8 Å². The maximum absolute atomic E-state index is 12.7. The molecule has 0 atom stereocenters. The summed E-state index contributed by atoms with van der Waals surface area (Å²) in [5, 5.41) is 3.05. The van der Waals surface area contributed by atoms with Crippen molar-refractivity contribution in [3.8, 4) is 0 Å². The number of piperazine rings is 1. The fraction of sp³-hybridized carbons (Fsp3) is 0.364. The number of carbonyl (C=O) groups is 2. The van der Waals surface area contributed by atoms with Crippen LogP contribution in [0.4, 0.5) is 11.4 Å². The number of hydrogen-bond donors (Lipinski definition) is 1. The maximum Gasteiger partial charge on any atom is 0.255 e. The van der Waals surface area contributed by atoms with Gasteiger partial charge < -0.3 is 15.1 Å². The van der Waals surface area contributed by atoms with E-state index in [1.165, 1.54) is 5.56 Å². The molecular weight excluding hydrogens is 338 g/mol. The van der Waals surface area contributed by atoms with Crippen LogP contribution in [0.5, 0.6) is 0 Å². The average molecular weight is 365 g/mol. The number of rotatable bonds is 4. The van der Waals surface area contributed by atoms with Gasteiger partial charge in [0.15, 0.2) is 0 Å². The molecule has 1 aliphatic heterocycles. The van der Waals surface area contributed by atoms with Gasteiger partial charge in [-0.25, -0.2) is 0 Å². The van der Waals surface area contributed by atoms with Gasteiger partial charge in [0.1, 0.15) is 0 Å². The number of carbonyl (C=O) groups excluding carboxylic acids is 2. The van der Waals surface area contributed by atoms with E-state index in [0.717, 1.165) is 30.0 Å². The van der Waals surface area contributed by atoms with E-state index in [4.69, 9.17) is 0 Å². The number of amides is 2. The van der Waals surface area contributed by atoms with E-state index in [1.807, 2.05) is 68.1 Å². The van der Waals surface area contributed by atoms with Crippen molar-refractivity contribution in [2.45, 2.75) is 27.2 Å². The quantitative estimate of drug-likeness (QED) is 0.900. The molecule has 1 aliphatic rings. The van der Waals surface area contributed by atoms with Crippen molar-refractivity contribution < 1.29 is 9.59 Å². The molecule has 3 rings (SSSR count). The van der Waals surface area contributed by atoms with Crippen LogP contribution in [0.2, 0.25) is 0 Å². The van der Waals surface area contributed by atoms with Crippen LogP contribution in [-0.4, -0.2) is 42.9 Å². The summed E-state index contributed by atoms with van der Waals surface area (Å²) in [4.78, 5) is 28.7. The van der Waals surface area contributed by atoms with E-state index in [1.54, 1.807) is 0 Å². The van der Waals surface area contributed by atoms with E-state index < -0.39 is 0 Å². The zero-order valence-corrected chi connectivity index (χ0v) is 16.3. The van der Waals surface area contributed by atoms with Crippen molar-refractivity contribution in [2.24, 2.45) is 0 Å². The Morgan fingerprint density at radius 1 is 0.963 bits per heavy atom. The number of para-hydroxylation sites is 2. The number of anilines is 2. The van der Waals surface area contributed by atoms with Gasteiger partial charge in [-0.3, -0.25) is 9.59 Å². The van der Waals surface area contributed by atoms with Crippen molar-refractivity contribution in [1.29, 1.82) is 0 Å². The highest BCUT2D eigenvalue weighted by Crippen LogP contribution is 2.27. The highest BCUT2D eigenvalue weighted by atomic mass is 16.2. The van der Waals surface area contributed by atoms with Gasteiger partial charge >= 0.3 is 0 Å². The van der Waals surface area contributed by atoms with E-state index >= 15 is 0 Å². The Bertz CT molecular complexity index is 839. The fourth-order valence-electron chi connectivity index (χ4n) is 3.35. The Labute approximate surface area is 161 Å². The van der Waals surface area contributed by atoms with Gasteiger partial charge in [0.25, 0.3) is 5.91 Å². The molecule has 0 radical (unpaired) electrons. The molecule has 5 nitrogen and oxygen atoms in total. The Morgan fingerprint density at radius 2 is 1.67 bits per heavy atom. The van der Waals surface area contributed by atoms with Crippen LogP contribution in [0.25, 0.3) is 0 Å². The molecule has 2 amide bonds. The van der Waals surface area contributed by atoms with Crippen molar-refractivity contribution in [2.75, 3.05) is 36.4 Å². The molecule has 2 aromatic rings. The first-order valence-corrected chi connectivity index (χ1v) is 9.50. The van der Waals surface area contributed by atoms with Gasteiger partial charge in [0, 0.05) is 38.2 Å². The molecule has 1 heterocycles. The second kappa shape index (κ2) is 8.25. The summed E-state index contributed by atoms with van der Waals surface area (Å²) in [6, 6.07) is 13.6. The minimum Gasteiger partial charge on any atom is -0.366 e. The SMILES string of the molecule is CCC(=O)N1CCN(c2ccccc2NC(=O)c2ccc(C)c(C)c2)CC1. The Balaban J connectivity index is 1.74. The van der Waals surface area contributed by atoms with Gasteiger partial charge in [-0.1, -0.05) is 25.1 Å². The van der Waals surface area contributed by atoms with Crippen LogP contribution >= 0.6 is 0 Å².